The summed E-state index contributed by atoms with van der Waals surface area (Å²) in [5.41, 5.74) is -7.66. The molecule has 40 heavy (non-hydrogen) atoms. The second-order valence-electron chi connectivity index (χ2n) is 8.80. The zero-order valence-electron chi connectivity index (χ0n) is 20.6. The normalized spacial score (nSPS) is 17.7. The van der Waals surface area contributed by atoms with Crippen LogP contribution in [0.4, 0.5) is 52.7 Å². The van der Waals surface area contributed by atoms with Gasteiger partial charge in [-0.3, -0.25) is 4.99 Å². The number of benzene rings is 2. The molecule has 0 N–H and O–H groups in total. The van der Waals surface area contributed by atoms with Gasteiger partial charge in [-0.25, -0.2) is 0 Å². The SMILES string of the molecule is CCN=CC1C=CC=C1[C@@H](C)P(c1cc(C(F)(F)F)cc(C(F)(F)F)c1)c1cc(C(F)(F)F)cc(C(F)(F)F)c1. The third-order valence-corrected chi connectivity index (χ3v) is 8.71. The summed E-state index contributed by atoms with van der Waals surface area (Å²) >= 11 is 0. The monoisotopic (exact) mass is 605 g/mol. The number of halogens is 12. The number of hydrogen-bond donors (Lipinski definition) is 0. The van der Waals surface area contributed by atoms with Gasteiger partial charge in [0.05, 0.1) is 22.3 Å². The molecule has 0 radical (unpaired) electrons. The quantitative estimate of drug-likeness (QED) is 0.177. The summed E-state index contributed by atoms with van der Waals surface area (Å²) in [5, 5.41) is -1.37. The van der Waals surface area contributed by atoms with Crippen LogP contribution < -0.4 is 10.6 Å². The summed E-state index contributed by atoms with van der Waals surface area (Å²) < 4.78 is 164. The van der Waals surface area contributed by atoms with Gasteiger partial charge in [-0.15, -0.1) is 0 Å². The number of nitrogens with zero attached hydrogens (tertiary/aromatic N) is 1. The molecule has 3 rings (SSSR count). The molecule has 0 amide bonds. The second-order valence-corrected chi connectivity index (χ2v) is 11.3. The Kier molecular flexibility index (Phi) is 8.89. The maximum Gasteiger partial charge on any atom is 0.416 e. The van der Waals surface area contributed by atoms with Crippen molar-refractivity contribution in [3.8, 4) is 0 Å². The summed E-state index contributed by atoms with van der Waals surface area (Å²) in [4.78, 5) is 4.07. The van der Waals surface area contributed by atoms with Gasteiger partial charge in [0.2, 0.25) is 0 Å². The Labute approximate surface area is 222 Å². The molecule has 218 valence electrons. The summed E-state index contributed by atoms with van der Waals surface area (Å²) in [6.07, 6.45) is -15.1. The van der Waals surface area contributed by atoms with Crippen LogP contribution in [0.3, 0.4) is 0 Å². The summed E-state index contributed by atoms with van der Waals surface area (Å²) in [5.74, 6) is -0.610. The minimum absolute atomic E-state index is 0.151. The van der Waals surface area contributed by atoms with Crippen molar-refractivity contribution >= 4 is 24.7 Å². The molecule has 0 aromatic heterocycles. The number of allylic oxidation sites excluding steroid dienone is 4. The first kappa shape index (κ1) is 31.7. The van der Waals surface area contributed by atoms with Gasteiger partial charge in [0.25, 0.3) is 0 Å². The molecule has 0 saturated heterocycles. The lowest BCUT2D eigenvalue weighted by Crippen LogP contribution is -2.27. The van der Waals surface area contributed by atoms with Crippen LogP contribution in [0.25, 0.3) is 0 Å². The maximum absolute atomic E-state index is 13.6. The molecular weight excluding hydrogens is 585 g/mol. The summed E-state index contributed by atoms with van der Waals surface area (Å²) in [7, 11) is -2.69. The van der Waals surface area contributed by atoms with E-state index in [2.05, 4.69) is 4.99 Å². The van der Waals surface area contributed by atoms with Crippen LogP contribution in [0, 0.1) is 5.92 Å². The van der Waals surface area contributed by atoms with E-state index >= 15 is 0 Å². The van der Waals surface area contributed by atoms with E-state index in [0.29, 0.717) is 36.4 Å². The average Bonchev–Trinajstić information content (AvgIpc) is 3.29. The Morgan fingerprint density at radius 1 is 0.700 bits per heavy atom. The average molecular weight is 605 g/mol. The summed E-state index contributed by atoms with van der Waals surface area (Å²) in [6.45, 7) is 3.36. The fourth-order valence-corrected chi connectivity index (χ4v) is 7.04. The molecule has 1 unspecified atom stereocenters. The van der Waals surface area contributed by atoms with E-state index in [1.54, 1.807) is 13.0 Å². The number of aliphatic imine (C=N–C) groups is 1. The van der Waals surface area contributed by atoms with Gasteiger partial charge in [-0.2, -0.15) is 52.7 Å². The van der Waals surface area contributed by atoms with Crippen LogP contribution in [-0.2, 0) is 24.7 Å². The molecule has 0 heterocycles. The van der Waals surface area contributed by atoms with E-state index in [9.17, 15) is 52.7 Å². The topological polar surface area (TPSA) is 12.4 Å². The molecule has 1 nitrogen and oxygen atoms in total. The minimum atomic E-state index is -5.28. The molecule has 14 heteroatoms. The lowest BCUT2D eigenvalue weighted by atomic mass is 10.0. The van der Waals surface area contributed by atoms with E-state index < -0.39 is 77.1 Å². The highest BCUT2D eigenvalue weighted by molar-refractivity contribution is 7.73. The zero-order chi connectivity index (χ0) is 30.3. The van der Waals surface area contributed by atoms with Crippen molar-refractivity contribution in [2.45, 2.75) is 44.2 Å². The van der Waals surface area contributed by atoms with Gasteiger partial charge < -0.3 is 0 Å². The van der Waals surface area contributed by atoms with E-state index in [0.717, 1.165) is 0 Å². The third kappa shape index (κ3) is 7.27. The Bertz CT molecular complexity index is 1170. The largest absolute Gasteiger partial charge is 0.416 e. The third-order valence-electron chi connectivity index (χ3n) is 6.01. The maximum atomic E-state index is 13.6. The van der Waals surface area contributed by atoms with Gasteiger partial charge in [0.1, 0.15) is 0 Å². The van der Waals surface area contributed by atoms with Crippen molar-refractivity contribution in [2.24, 2.45) is 10.9 Å². The van der Waals surface area contributed by atoms with E-state index in [1.165, 1.54) is 25.3 Å². The lowest BCUT2D eigenvalue weighted by Gasteiger charge is -2.31. The summed E-state index contributed by atoms with van der Waals surface area (Å²) in [6, 6.07) is 1.10. The van der Waals surface area contributed by atoms with Crippen LogP contribution >= 0.6 is 7.92 Å². The fourth-order valence-electron chi connectivity index (χ4n) is 4.18. The van der Waals surface area contributed by atoms with Crippen LogP contribution in [0.1, 0.15) is 36.1 Å². The van der Waals surface area contributed by atoms with Crippen molar-refractivity contribution in [1.29, 1.82) is 0 Å². The lowest BCUT2D eigenvalue weighted by molar-refractivity contribution is -0.144. The van der Waals surface area contributed by atoms with E-state index in [4.69, 9.17) is 0 Å². The Morgan fingerprint density at radius 2 is 1.07 bits per heavy atom. The molecular formula is C26H20F12NP. The molecule has 0 spiro atoms. The molecule has 0 bridgehead atoms. The predicted molar refractivity (Wildman–Crippen MR) is 128 cm³/mol. The first-order chi connectivity index (χ1) is 18.2. The van der Waals surface area contributed by atoms with Crippen molar-refractivity contribution in [3.63, 3.8) is 0 Å². The molecule has 1 aliphatic carbocycles. The molecule has 0 aliphatic heterocycles. The standard InChI is InChI=1S/C26H20F12NP/c1-3-39-13-15-5-4-6-22(15)14(2)40(20-9-16(23(27,28)29)7-17(10-20)24(30,31)32)21-11-18(25(33,34)35)8-19(12-21)26(36,37)38/h4-15H,3H2,1-2H3/t14-,15?/m1/s1. The van der Waals surface area contributed by atoms with Crippen molar-refractivity contribution in [1.82, 2.24) is 0 Å². The van der Waals surface area contributed by atoms with E-state index in [1.807, 2.05) is 0 Å². The van der Waals surface area contributed by atoms with Crippen molar-refractivity contribution in [2.75, 3.05) is 6.54 Å². The van der Waals surface area contributed by atoms with Gasteiger partial charge in [0, 0.05) is 24.3 Å². The molecule has 2 aromatic rings. The van der Waals surface area contributed by atoms with Crippen molar-refractivity contribution in [3.05, 3.63) is 82.5 Å². The number of alkyl halides is 12. The van der Waals surface area contributed by atoms with Crippen LogP contribution in [0.5, 0.6) is 0 Å². The highest BCUT2D eigenvalue weighted by Gasteiger charge is 2.41. The van der Waals surface area contributed by atoms with Crippen LogP contribution in [0.15, 0.2) is 65.2 Å². The number of hydrogen-bond acceptors (Lipinski definition) is 1. The minimum Gasteiger partial charge on any atom is -0.297 e. The Morgan fingerprint density at radius 3 is 1.40 bits per heavy atom. The van der Waals surface area contributed by atoms with Crippen molar-refractivity contribution < 1.29 is 52.7 Å². The molecule has 0 fully saturated rings. The van der Waals surface area contributed by atoms with Gasteiger partial charge in [-0.1, -0.05) is 30.7 Å². The predicted octanol–water partition coefficient (Wildman–Crippen LogP) is 8.79. The first-order valence-electron chi connectivity index (χ1n) is 11.5. The smallest absolute Gasteiger partial charge is 0.297 e. The Hall–Kier alpha value is -2.82. The molecule has 1 aliphatic rings. The zero-order valence-corrected chi connectivity index (χ0v) is 21.5. The molecule has 2 atom stereocenters. The molecule has 0 saturated carbocycles. The van der Waals surface area contributed by atoms with Crippen LogP contribution in [-0.4, -0.2) is 18.4 Å². The van der Waals surface area contributed by atoms with Gasteiger partial charge >= 0.3 is 24.7 Å². The second kappa shape index (κ2) is 11.2. The first-order valence-corrected chi connectivity index (χ1v) is 12.9. The highest BCUT2D eigenvalue weighted by atomic mass is 31.1. The van der Waals surface area contributed by atoms with Crippen LogP contribution in [0.2, 0.25) is 0 Å². The molecule has 2 aromatic carbocycles. The highest BCUT2D eigenvalue weighted by Crippen LogP contribution is 2.49. The van der Waals surface area contributed by atoms with Gasteiger partial charge in [0.15, 0.2) is 0 Å². The Balaban J connectivity index is 2.38. The number of rotatable bonds is 6. The fraction of sp³-hybridized carbons (Fsp3) is 0.346. The van der Waals surface area contributed by atoms with E-state index in [-0.39, 0.29) is 12.1 Å². The van der Waals surface area contributed by atoms with Gasteiger partial charge in [-0.05, 0) is 61.9 Å².